The normalized spacial score (nSPS) is 15.6. The molecule has 0 heterocycles. The fourth-order valence-corrected chi connectivity index (χ4v) is 2.32. The molecule has 21 heavy (non-hydrogen) atoms. The van der Waals surface area contributed by atoms with Crippen LogP contribution in [0.25, 0.3) is 0 Å². The number of benzene rings is 1. The smallest absolute Gasteiger partial charge is 0.314 e. The van der Waals surface area contributed by atoms with Crippen LogP contribution in [0.5, 0.6) is 5.75 Å². The van der Waals surface area contributed by atoms with Gasteiger partial charge in [0.1, 0.15) is 5.75 Å². The second-order valence-electron chi connectivity index (χ2n) is 5.76. The van der Waals surface area contributed by atoms with Crippen molar-refractivity contribution in [2.24, 2.45) is 5.92 Å². The van der Waals surface area contributed by atoms with Crippen LogP contribution in [0.4, 0.5) is 4.79 Å². The largest absolute Gasteiger partial charge is 0.496 e. The number of hydrogen-bond acceptors (Lipinski definition) is 3. The zero-order valence-corrected chi connectivity index (χ0v) is 13.1. The number of amides is 2. The molecule has 1 aliphatic rings. The van der Waals surface area contributed by atoms with Gasteiger partial charge in [-0.3, -0.25) is 0 Å². The zero-order chi connectivity index (χ0) is 15.2. The first-order chi connectivity index (χ1) is 10.1. The number of para-hydroxylation sites is 1. The maximum Gasteiger partial charge on any atom is 0.314 e. The molecule has 0 radical (unpaired) electrons. The molecular formula is C16H25N3O2. The van der Waals surface area contributed by atoms with Crippen LogP contribution < -0.4 is 15.4 Å². The van der Waals surface area contributed by atoms with E-state index >= 15 is 0 Å². The fraction of sp³-hybridized carbons (Fsp3) is 0.562. The Labute approximate surface area is 126 Å². The molecule has 2 rings (SSSR count). The van der Waals surface area contributed by atoms with Gasteiger partial charge in [0.2, 0.25) is 0 Å². The summed E-state index contributed by atoms with van der Waals surface area (Å²) in [5.41, 5.74) is 1.08. The number of urea groups is 1. The van der Waals surface area contributed by atoms with Gasteiger partial charge in [-0.1, -0.05) is 18.2 Å². The highest BCUT2D eigenvalue weighted by Gasteiger charge is 2.22. The summed E-state index contributed by atoms with van der Waals surface area (Å²) in [6, 6.07) is 7.90. The number of carbonyl (C=O) groups is 1. The van der Waals surface area contributed by atoms with E-state index in [1.54, 1.807) is 7.11 Å². The Morgan fingerprint density at radius 2 is 2.05 bits per heavy atom. The van der Waals surface area contributed by atoms with Gasteiger partial charge >= 0.3 is 6.03 Å². The molecule has 1 aliphatic carbocycles. The van der Waals surface area contributed by atoms with E-state index < -0.39 is 0 Å². The predicted molar refractivity (Wildman–Crippen MR) is 83.5 cm³/mol. The Balaban J connectivity index is 1.93. The van der Waals surface area contributed by atoms with Crippen molar-refractivity contribution in [3.8, 4) is 5.75 Å². The van der Waals surface area contributed by atoms with E-state index in [1.165, 1.54) is 12.8 Å². The average Bonchev–Trinajstić information content (AvgIpc) is 3.29. The van der Waals surface area contributed by atoms with E-state index in [0.717, 1.165) is 17.9 Å². The predicted octanol–water partition coefficient (Wildman–Crippen LogP) is 2.01. The van der Waals surface area contributed by atoms with Crippen LogP contribution in [-0.4, -0.2) is 45.2 Å². The lowest BCUT2D eigenvalue weighted by molar-refractivity contribution is 0.231. The lowest BCUT2D eigenvalue weighted by Crippen LogP contribution is -2.41. The van der Waals surface area contributed by atoms with E-state index in [-0.39, 0.29) is 12.1 Å². The fourth-order valence-electron chi connectivity index (χ4n) is 2.32. The molecule has 5 nitrogen and oxygen atoms in total. The molecule has 1 atom stereocenters. The summed E-state index contributed by atoms with van der Waals surface area (Å²) in [6.45, 7) is 1.33. The van der Waals surface area contributed by atoms with Gasteiger partial charge in [-0.25, -0.2) is 4.79 Å². The summed E-state index contributed by atoms with van der Waals surface area (Å²) in [5, 5.41) is 5.87. The van der Waals surface area contributed by atoms with Crippen molar-refractivity contribution in [1.82, 2.24) is 15.5 Å². The van der Waals surface area contributed by atoms with Crippen LogP contribution in [0.2, 0.25) is 0 Å². The van der Waals surface area contributed by atoms with Crippen molar-refractivity contribution in [3.05, 3.63) is 29.8 Å². The van der Waals surface area contributed by atoms with Crippen molar-refractivity contribution in [2.45, 2.75) is 18.9 Å². The van der Waals surface area contributed by atoms with Gasteiger partial charge in [-0.05, 0) is 38.9 Å². The van der Waals surface area contributed by atoms with Crippen LogP contribution >= 0.6 is 0 Å². The third kappa shape index (κ3) is 4.63. The number of nitrogens with one attached hydrogen (secondary N) is 2. The number of hydrogen-bond donors (Lipinski definition) is 2. The summed E-state index contributed by atoms with van der Waals surface area (Å²) in [7, 11) is 5.67. The van der Waals surface area contributed by atoms with Crippen LogP contribution in [0.15, 0.2) is 24.3 Å². The van der Waals surface area contributed by atoms with Crippen LogP contribution in [-0.2, 0) is 0 Å². The SMILES string of the molecule is COc1ccccc1C(CNC(=O)NCC1CC1)N(C)C. The molecule has 2 N–H and O–H groups in total. The highest BCUT2D eigenvalue weighted by molar-refractivity contribution is 5.73. The first-order valence-electron chi connectivity index (χ1n) is 7.43. The average molecular weight is 291 g/mol. The minimum atomic E-state index is -0.0938. The summed E-state index contributed by atoms with van der Waals surface area (Å²) in [5.74, 6) is 1.53. The second kappa shape index (κ2) is 7.31. The van der Waals surface area contributed by atoms with E-state index in [4.69, 9.17) is 4.74 Å². The zero-order valence-electron chi connectivity index (χ0n) is 13.1. The molecule has 0 saturated heterocycles. The number of likely N-dealkylation sites (N-methyl/N-ethyl adjacent to an activating group) is 1. The third-order valence-electron chi connectivity index (χ3n) is 3.83. The number of methoxy groups -OCH3 is 1. The van der Waals surface area contributed by atoms with Gasteiger partial charge in [0.15, 0.2) is 0 Å². The molecule has 0 spiro atoms. The van der Waals surface area contributed by atoms with Gasteiger partial charge in [-0.15, -0.1) is 0 Å². The number of ether oxygens (including phenoxy) is 1. The molecule has 2 amide bonds. The lowest BCUT2D eigenvalue weighted by Gasteiger charge is -2.26. The topological polar surface area (TPSA) is 53.6 Å². The molecule has 1 unspecified atom stereocenters. The number of carbonyl (C=O) groups excluding carboxylic acids is 1. The monoisotopic (exact) mass is 291 g/mol. The first kappa shape index (κ1) is 15.6. The summed E-state index contributed by atoms with van der Waals surface area (Å²) in [4.78, 5) is 13.9. The molecule has 0 bridgehead atoms. The second-order valence-corrected chi connectivity index (χ2v) is 5.76. The van der Waals surface area contributed by atoms with Crippen LogP contribution in [0, 0.1) is 5.92 Å². The maximum absolute atomic E-state index is 11.8. The summed E-state index contributed by atoms with van der Waals surface area (Å²) < 4.78 is 5.42. The van der Waals surface area contributed by atoms with E-state index in [2.05, 4.69) is 15.5 Å². The highest BCUT2D eigenvalue weighted by atomic mass is 16.5. The van der Waals surface area contributed by atoms with Crippen LogP contribution in [0.3, 0.4) is 0 Å². The maximum atomic E-state index is 11.8. The van der Waals surface area contributed by atoms with Gasteiger partial charge in [-0.2, -0.15) is 0 Å². The van der Waals surface area contributed by atoms with Gasteiger partial charge < -0.3 is 20.3 Å². The van der Waals surface area contributed by atoms with Crippen molar-refractivity contribution in [3.63, 3.8) is 0 Å². The molecule has 5 heteroatoms. The molecule has 0 aliphatic heterocycles. The quantitative estimate of drug-likeness (QED) is 0.808. The minimum absolute atomic E-state index is 0.0767. The van der Waals surface area contributed by atoms with Crippen molar-refractivity contribution < 1.29 is 9.53 Å². The van der Waals surface area contributed by atoms with Crippen LogP contribution in [0.1, 0.15) is 24.4 Å². The standard InChI is InChI=1S/C16H25N3O2/c1-19(2)14(13-6-4-5-7-15(13)21-3)11-18-16(20)17-10-12-8-9-12/h4-7,12,14H,8-11H2,1-3H3,(H2,17,18,20). The van der Waals surface area contributed by atoms with E-state index in [1.807, 2.05) is 38.4 Å². The Hall–Kier alpha value is -1.75. The van der Waals surface area contributed by atoms with Gasteiger partial charge in [0.05, 0.1) is 13.2 Å². The van der Waals surface area contributed by atoms with Crippen molar-refractivity contribution >= 4 is 6.03 Å². The molecule has 1 saturated carbocycles. The van der Waals surface area contributed by atoms with Crippen molar-refractivity contribution in [2.75, 3.05) is 34.3 Å². The summed E-state index contributed by atoms with van der Waals surface area (Å²) in [6.07, 6.45) is 2.48. The molecule has 116 valence electrons. The lowest BCUT2D eigenvalue weighted by atomic mass is 10.0. The first-order valence-corrected chi connectivity index (χ1v) is 7.43. The van der Waals surface area contributed by atoms with Crippen molar-refractivity contribution in [1.29, 1.82) is 0 Å². The third-order valence-corrected chi connectivity index (χ3v) is 3.83. The van der Waals surface area contributed by atoms with Gasteiger partial charge in [0, 0.05) is 18.7 Å². The minimum Gasteiger partial charge on any atom is -0.496 e. The Kier molecular flexibility index (Phi) is 5.44. The molecule has 1 fully saturated rings. The Morgan fingerprint density at radius 3 is 2.67 bits per heavy atom. The molecular weight excluding hydrogens is 266 g/mol. The molecule has 0 aromatic heterocycles. The number of nitrogens with zero attached hydrogens (tertiary/aromatic N) is 1. The summed E-state index contributed by atoms with van der Waals surface area (Å²) >= 11 is 0. The number of rotatable bonds is 7. The highest BCUT2D eigenvalue weighted by Crippen LogP contribution is 2.28. The van der Waals surface area contributed by atoms with E-state index in [0.29, 0.717) is 12.5 Å². The Morgan fingerprint density at radius 1 is 1.33 bits per heavy atom. The van der Waals surface area contributed by atoms with E-state index in [9.17, 15) is 4.79 Å². The molecule has 1 aromatic rings. The van der Waals surface area contributed by atoms with Gasteiger partial charge in [0.25, 0.3) is 0 Å². The Bertz CT molecular complexity index is 472. The molecule has 1 aromatic carbocycles.